The van der Waals surface area contributed by atoms with Gasteiger partial charge in [0, 0.05) is 61.7 Å². The Balaban J connectivity index is 1.15. The number of aryl methyl sites for hydroxylation is 1. The van der Waals surface area contributed by atoms with Crippen LogP contribution in [-0.4, -0.2) is 55.9 Å². The quantitative estimate of drug-likeness (QED) is 0.306. The van der Waals surface area contributed by atoms with Gasteiger partial charge in [-0.2, -0.15) is 5.10 Å². The Morgan fingerprint density at radius 2 is 1.98 bits per heavy atom. The number of piperidine rings is 1. The average molecular weight is 541 g/mol. The summed E-state index contributed by atoms with van der Waals surface area (Å²) in [6, 6.07) is 13.9. The zero-order valence-electron chi connectivity index (χ0n) is 22.6. The molecule has 0 unspecified atom stereocenters. The van der Waals surface area contributed by atoms with Crippen molar-refractivity contribution in [2.24, 2.45) is 0 Å². The van der Waals surface area contributed by atoms with Gasteiger partial charge in [-0.1, -0.05) is 24.3 Å². The number of aromatic nitrogens is 5. The summed E-state index contributed by atoms with van der Waals surface area (Å²) in [6.45, 7) is 3.44. The number of carbonyl (C=O) groups excluding carboxylic acids is 1. The molecule has 0 aliphatic carbocycles. The molecule has 6 rings (SSSR count). The number of nitrogens with zero attached hydrogens (tertiary/aromatic N) is 4. The van der Waals surface area contributed by atoms with Gasteiger partial charge in [0.2, 0.25) is 0 Å². The van der Waals surface area contributed by atoms with E-state index in [-0.39, 0.29) is 17.6 Å². The van der Waals surface area contributed by atoms with Gasteiger partial charge in [0.15, 0.2) is 6.10 Å². The number of fused-ring (bicyclic) bond motifs is 2. The topological polar surface area (TPSA) is 118 Å². The second kappa shape index (κ2) is 11.0. The van der Waals surface area contributed by atoms with E-state index in [1.54, 1.807) is 29.1 Å². The molecule has 10 heteroatoms. The number of rotatable bonds is 7. The maximum absolute atomic E-state index is 13.3. The molecule has 4 heterocycles. The fourth-order valence-electron chi connectivity index (χ4n) is 5.65. The number of hydrogen-bond donors (Lipinski definition) is 2. The number of hydrogen-bond acceptors (Lipinski definition) is 6. The number of nitrogens with one attached hydrogen (secondary N) is 2. The number of benzene rings is 2. The molecule has 1 fully saturated rings. The van der Waals surface area contributed by atoms with Crippen molar-refractivity contribution >= 4 is 27.9 Å². The molecule has 0 radical (unpaired) electrons. The van der Waals surface area contributed by atoms with E-state index in [1.165, 1.54) is 0 Å². The van der Waals surface area contributed by atoms with Crippen molar-refractivity contribution in [1.82, 2.24) is 29.6 Å². The molecule has 2 aromatic carbocycles. The van der Waals surface area contributed by atoms with Gasteiger partial charge in [-0.15, -0.1) is 0 Å². The summed E-state index contributed by atoms with van der Waals surface area (Å²) in [5, 5.41) is 6.61. The number of imidazole rings is 1. The number of amides is 1. The lowest BCUT2D eigenvalue weighted by Gasteiger charge is -2.32. The Bertz CT molecular complexity index is 1700. The first-order chi connectivity index (χ1) is 19.5. The minimum Gasteiger partial charge on any atom is -0.438 e. The summed E-state index contributed by atoms with van der Waals surface area (Å²) in [4.78, 5) is 38.3. The van der Waals surface area contributed by atoms with Gasteiger partial charge < -0.3 is 24.3 Å². The van der Waals surface area contributed by atoms with E-state index in [0.717, 1.165) is 38.5 Å². The van der Waals surface area contributed by atoms with Crippen molar-refractivity contribution in [1.29, 1.82) is 0 Å². The predicted molar refractivity (Wildman–Crippen MR) is 151 cm³/mol. The molecule has 5 aromatic rings. The molecule has 1 saturated heterocycles. The van der Waals surface area contributed by atoms with Crippen LogP contribution in [0, 0.1) is 6.92 Å². The first kappa shape index (κ1) is 25.8. The fraction of sp³-hybridized carbons (Fsp3) is 0.333. The van der Waals surface area contributed by atoms with E-state index >= 15 is 0 Å². The molecule has 0 bridgehead atoms. The van der Waals surface area contributed by atoms with E-state index in [0.29, 0.717) is 44.9 Å². The van der Waals surface area contributed by atoms with Crippen molar-refractivity contribution in [2.75, 3.05) is 20.2 Å². The molecule has 2 N–H and O–H groups in total. The Hall–Kier alpha value is -4.44. The molecule has 206 valence electrons. The van der Waals surface area contributed by atoms with Gasteiger partial charge in [-0.3, -0.25) is 4.79 Å². The molecule has 1 atom stereocenters. The third-order valence-corrected chi connectivity index (χ3v) is 7.63. The van der Waals surface area contributed by atoms with Crippen molar-refractivity contribution in [2.45, 2.75) is 44.9 Å². The molecular formula is C30H32N6O4. The summed E-state index contributed by atoms with van der Waals surface area (Å²) in [5.74, 6) is 0.686. The largest absolute Gasteiger partial charge is 0.438 e. The molecule has 3 aromatic heterocycles. The number of likely N-dealkylation sites (tertiary alicyclic amines) is 1. The van der Waals surface area contributed by atoms with Crippen molar-refractivity contribution < 1.29 is 14.3 Å². The maximum atomic E-state index is 13.3. The SMILES string of the molecule is COCn1cc2cc(C[C@@H](OC(=O)N3CCC(c4cc5ccccc5[nH]c4=O)CC3)c3ncc[nH]3)cc(C)c2n1. The molecule has 40 heavy (non-hydrogen) atoms. The Kier molecular flexibility index (Phi) is 7.08. The average Bonchev–Trinajstić information content (AvgIpc) is 3.63. The minimum atomic E-state index is -0.575. The molecule has 0 spiro atoms. The van der Waals surface area contributed by atoms with Crippen LogP contribution >= 0.6 is 0 Å². The number of aromatic amines is 2. The monoisotopic (exact) mass is 540 g/mol. The van der Waals surface area contributed by atoms with Crippen LogP contribution in [0.15, 0.2) is 65.8 Å². The Morgan fingerprint density at radius 3 is 2.75 bits per heavy atom. The highest BCUT2D eigenvalue weighted by Crippen LogP contribution is 2.30. The Morgan fingerprint density at radius 1 is 1.15 bits per heavy atom. The predicted octanol–water partition coefficient (Wildman–Crippen LogP) is 4.81. The minimum absolute atomic E-state index is 0.0577. The Labute approximate surface area is 230 Å². The highest BCUT2D eigenvalue weighted by molar-refractivity contribution is 5.82. The standard InChI is InChI=1S/C30H32N6O4/c1-19-13-20(14-23-17-36(18-39-2)34-27(19)23)15-26(28-31-9-10-32-28)40-30(38)35-11-7-21(8-12-35)24-16-22-5-3-4-6-25(22)33-29(24)37/h3-6,9-10,13-14,16-17,21,26H,7-8,11-12,15,18H2,1-2H3,(H,31,32)(H,33,37)/t26-/m1/s1. The van der Waals surface area contributed by atoms with Crippen molar-refractivity contribution in [3.8, 4) is 0 Å². The van der Waals surface area contributed by atoms with E-state index < -0.39 is 6.10 Å². The second-order valence-corrected chi connectivity index (χ2v) is 10.4. The second-order valence-electron chi connectivity index (χ2n) is 10.4. The molecule has 1 aliphatic rings. The van der Waals surface area contributed by atoms with E-state index in [2.05, 4.69) is 32.2 Å². The molecule has 1 amide bonds. The number of H-pyrrole nitrogens is 2. The first-order valence-corrected chi connectivity index (χ1v) is 13.5. The van der Waals surface area contributed by atoms with E-state index in [9.17, 15) is 9.59 Å². The molecule has 10 nitrogen and oxygen atoms in total. The molecule has 0 saturated carbocycles. The lowest BCUT2D eigenvalue weighted by atomic mass is 9.89. The van der Waals surface area contributed by atoms with Gasteiger partial charge in [0.05, 0.1) is 5.52 Å². The molecule has 1 aliphatic heterocycles. The van der Waals surface area contributed by atoms with Crippen LogP contribution in [0.5, 0.6) is 0 Å². The van der Waals surface area contributed by atoms with Gasteiger partial charge in [0.25, 0.3) is 5.56 Å². The van der Waals surface area contributed by atoms with E-state index in [1.807, 2.05) is 43.5 Å². The highest BCUT2D eigenvalue weighted by atomic mass is 16.6. The van der Waals surface area contributed by atoms with Crippen molar-refractivity contribution in [3.63, 3.8) is 0 Å². The van der Waals surface area contributed by atoms with Gasteiger partial charge in [-0.25, -0.2) is 14.5 Å². The maximum Gasteiger partial charge on any atom is 0.410 e. The third kappa shape index (κ3) is 5.22. The molecular weight excluding hydrogens is 508 g/mol. The number of ether oxygens (including phenoxy) is 2. The van der Waals surface area contributed by atoms with Crippen LogP contribution in [-0.2, 0) is 22.6 Å². The van der Waals surface area contributed by atoms with Gasteiger partial charge in [0.1, 0.15) is 12.6 Å². The van der Waals surface area contributed by atoms with E-state index in [4.69, 9.17) is 9.47 Å². The summed E-state index contributed by atoms with van der Waals surface area (Å²) < 4.78 is 13.0. The van der Waals surface area contributed by atoms with Gasteiger partial charge in [-0.05, 0) is 60.4 Å². The number of carbonyl (C=O) groups is 1. The summed E-state index contributed by atoms with van der Waals surface area (Å²) in [6.07, 6.45) is 6.25. The van der Waals surface area contributed by atoms with Crippen LogP contribution in [0.3, 0.4) is 0 Å². The number of methoxy groups -OCH3 is 1. The number of para-hydroxylation sites is 1. The fourth-order valence-corrected chi connectivity index (χ4v) is 5.65. The summed E-state index contributed by atoms with van der Waals surface area (Å²) in [5.41, 5.74) is 4.53. The lowest BCUT2D eigenvalue weighted by molar-refractivity contribution is 0.0523. The van der Waals surface area contributed by atoms with Crippen LogP contribution in [0.1, 0.15) is 47.4 Å². The zero-order valence-corrected chi connectivity index (χ0v) is 22.6. The van der Waals surface area contributed by atoms with Gasteiger partial charge >= 0.3 is 6.09 Å². The smallest absolute Gasteiger partial charge is 0.410 e. The number of pyridine rings is 1. The normalized spacial score (nSPS) is 15.1. The van der Waals surface area contributed by atoms with Crippen LogP contribution in [0.25, 0.3) is 21.8 Å². The third-order valence-electron chi connectivity index (χ3n) is 7.63. The highest BCUT2D eigenvalue weighted by Gasteiger charge is 2.29. The zero-order chi connectivity index (χ0) is 27.6. The first-order valence-electron chi connectivity index (χ1n) is 13.5. The van der Waals surface area contributed by atoms with Crippen LogP contribution in [0.4, 0.5) is 4.79 Å². The summed E-state index contributed by atoms with van der Waals surface area (Å²) in [7, 11) is 1.64. The van der Waals surface area contributed by atoms with Crippen LogP contribution in [0.2, 0.25) is 0 Å². The van der Waals surface area contributed by atoms with Crippen molar-refractivity contribution in [3.05, 3.63) is 93.9 Å². The lowest BCUT2D eigenvalue weighted by Crippen LogP contribution is -2.39. The van der Waals surface area contributed by atoms with Crippen LogP contribution < -0.4 is 5.56 Å². The summed E-state index contributed by atoms with van der Waals surface area (Å²) >= 11 is 0.